The molecule has 5 heteroatoms. The van der Waals surface area contributed by atoms with Crippen LogP contribution in [0.1, 0.15) is 16.2 Å². The van der Waals surface area contributed by atoms with Gasteiger partial charge in [0.15, 0.2) is 5.76 Å². The zero-order valence-electron chi connectivity index (χ0n) is 13.1. The minimum absolute atomic E-state index is 0.273. The number of carbonyl (C=O) groups excluding carboxylic acids is 1. The second-order valence-electron chi connectivity index (χ2n) is 5.52. The Kier molecular flexibility index (Phi) is 3.39. The minimum Gasteiger partial charge on any atom is -0.451 e. The maximum atomic E-state index is 12.5. The number of aromatic nitrogens is 2. The van der Waals surface area contributed by atoms with Gasteiger partial charge in [0.1, 0.15) is 11.4 Å². The number of nitrogens with zero attached hydrogens (tertiary/aromatic N) is 2. The number of aryl methyl sites for hydroxylation is 1. The molecule has 24 heavy (non-hydrogen) atoms. The zero-order chi connectivity index (χ0) is 16.5. The molecule has 1 amide bonds. The molecule has 2 aromatic heterocycles. The van der Waals surface area contributed by atoms with E-state index in [2.05, 4.69) is 10.4 Å². The van der Waals surface area contributed by atoms with Crippen LogP contribution in [0.3, 0.4) is 0 Å². The monoisotopic (exact) mass is 317 g/mol. The molecular weight excluding hydrogens is 302 g/mol. The molecule has 2 aromatic carbocycles. The summed E-state index contributed by atoms with van der Waals surface area (Å²) in [4.78, 5) is 12.5. The van der Waals surface area contributed by atoms with Crippen LogP contribution < -0.4 is 5.32 Å². The van der Waals surface area contributed by atoms with E-state index in [1.54, 1.807) is 10.7 Å². The van der Waals surface area contributed by atoms with Gasteiger partial charge in [-0.1, -0.05) is 36.4 Å². The smallest absolute Gasteiger partial charge is 0.292 e. The molecule has 0 aliphatic rings. The van der Waals surface area contributed by atoms with Crippen LogP contribution in [0.15, 0.2) is 71.1 Å². The van der Waals surface area contributed by atoms with Crippen LogP contribution in [-0.4, -0.2) is 15.7 Å². The molecule has 0 bridgehead atoms. The van der Waals surface area contributed by atoms with Gasteiger partial charge >= 0.3 is 0 Å². The van der Waals surface area contributed by atoms with Crippen molar-refractivity contribution in [1.82, 2.24) is 9.78 Å². The fourth-order valence-corrected chi connectivity index (χ4v) is 2.63. The Labute approximate surface area is 138 Å². The highest BCUT2D eigenvalue weighted by Crippen LogP contribution is 2.21. The Bertz CT molecular complexity index is 982. The van der Waals surface area contributed by atoms with Crippen LogP contribution in [0, 0.1) is 6.92 Å². The second kappa shape index (κ2) is 5.70. The molecule has 4 aromatic rings. The standard InChI is InChI=1S/C19H15N3O2/c1-13-11-18(22(21-13)15-8-3-2-4-9-15)20-19(23)17-12-14-7-5-6-10-16(14)24-17/h2-12H,1H3,(H,20,23). The second-order valence-corrected chi connectivity index (χ2v) is 5.52. The lowest BCUT2D eigenvalue weighted by atomic mass is 10.2. The topological polar surface area (TPSA) is 60.1 Å². The van der Waals surface area contributed by atoms with Crippen LogP contribution in [0.2, 0.25) is 0 Å². The molecule has 5 nitrogen and oxygen atoms in total. The van der Waals surface area contributed by atoms with E-state index in [9.17, 15) is 4.79 Å². The van der Waals surface area contributed by atoms with Crippen LogP contribution in [0.25, 0.3) is 16.7 Å². The Morgan fingerprint density at radius 3 is 2.58 bits per heavy atom. The quantitative estimate of drug-likeness (QED) is 0.616. The van der Waals surface area contributed by atoms with E-state index in [0.717, 1.165) is 16.8 Å². The van der Waals surface area contributed by atoms with Gasteiger partial charge in [0.25, 0.3) is 5.91 Å². The summed E-state index contributed by atoms with van der Waals surface area (Å²) in [5.74, 6) is 0.571. The van der Waals surface area contributed by atoms with Crippen molar-refractivity contribution in [1.29, 1.82) is 0 Å². The molecule has 0 spiro atoms. The summed E-state index contributed by atoms with van der Waals surface area (Å²) >= 11 is 0. The van der Waals surface area contributed by atoms with Crippen LogP contribution >= 0.6 is 0 Å². The summed E-state index contributed by atoms with van der Waals surface area (Å²) in [6, 6.07) is 20.8. The molecular formula is C19H15N3O2. The van der Waals surface area contributed by atoms with Crippen molar-refractivity contribution in [3.05, 3.63) is 78.2 Å². The lowest BCUT2D eigenvalue weighted by molar-refractivity contribution is 0.0998. The van der Waals surface area contributed by atoms with Crippen molar-refractivity contribution in [3.8, 4) is 5.69 Å². The van der Waals surface area contributed by atoms with E-state index in [-0.39, 0.29) is 11.7 Å². The highest BCUT2D eigenvalue weighted by Gasteiger charge is 2.15. The van der Waals surface area contributed by atoms with Crippen molar-refractivity contribution in [2.75, 3.05) is 5.32 Å². The molecule has 2 heterocycles. The zero-order valence-corrected chi connectivity index (χ0v) is 13.1. The van der Waals surface area contributed by atoms with Gasteiger partial charge in [0.2, 0.25) is 0 Å². The molecule has 0 fully saturated rings. The summed E-state index contributed by atoms with van der Waals surface area (Å²) in [5, 5.41) is 8.22. The van der Waals surface area contributed by atoms with Crippen LogP contribution in [-0.2, 0) is 0 Å². The molecule has 0 radical (unpaired) electrons. The maximum absolute atomic E-state index is 12.5. The summed E-state index contributed by atoms with van der Waals surface area (Å²) in [6.45, 7) is 1.89. The van der Waals surface area contributed by atoms with Gasteiger partial charge in [-0.2, -0.15) is 5.10 Å². The van der Waals surface area contributed by atoms with Gasteiger partial charge in [-0.3, -0.25) is 4.79 Å². The summed E-state index contributed by atoms with van der Waals surface area (Å²) in [5.41, 5.74) is 2.39. The van der Waals surface area contributed by atoms with Gasteiger partial charge in [-0.05, 0) is 31.2 Å². The lowest BCUT2D eigenvalue weighted by Gasteiger charge is -2.07. The number of nitrogens with one attached hydrogen (secondary N) is 1. The van der Waals surface area contributed by atoms with Gasteiger partial charge < -0.3 is 9.73 Å². The third-order valence-electron chi connectivity index (χ3n) is 3.72. The molecule has 0 atom stereocenters. The third-order valence-corrected chi connectivity index (χ3v) is 3.72. The van der Waals surface area contributed by atoms with E-state index < -0.39 is 0 Å². The van der Waals surface area contributed by atoms with Crippen molar-refractivity contribution >= 4 is 22.7 Å². The fraction of sp³-hybridized carbons (Fsp3) is 0.0526. The number of benzene rings is 2. The summed E-state index contributed by atoms with van der Waals surface area (Å²) in [6.07, 6.45) is 0. The average Bonchev–Trinajstić information content (AvgIpc) is 3.19. The Morgan fingerprint density at radius 1 is 1.04 bits per heavy atom. The number of amides is 1. The Balaban J connectivity index is 1.67. The predicted octanol–water partition coefficient (Wildman–Crippen LogP) is 4.18. The van der Waals surface area contributed by atoms with E-state index in [4.69, 9.17) is 4.42 Å². The highest BCUT2D eigenvalue weighted by atomic mass is 16.3. The minimum atomic E-state index is -0.303. The molecule has 0 aliphatic carbocycles. The summed E-state index contributed by atoms with van der Waals surface area (Å²) < 4.78 is 7.32. The molecule has 0 unspecified atom stereocenters. The largest absolute Gasteiger partial charge is 0.451 e. The van der Waals surface area contributed by atoms with E-state index in [1.807, 2.05) is 67.6 Å². The Morgan fingerprint density at radius 2 is 1.79 bits per heavy atom. The molecule has 1 N–H and O–H groups in total. The molecule has 0 saturated carbocycles. The Hall–Kier alpha value is -3.34. The third kappa shape index (κ3) is 2.56. The van der Waals surface area contributed by atoms with E-state index in [0.29, 0.717) is 11.4 Å². The number of para-hydroxylation sites is 2. The van der Waals surface area contributed by atoms with Crippen molar-refractivity contribution < 1.29 is 9.21 Å². The van der Waals surface area contributed by atoms with Crippen molar-refractivity contribution in [2.24, 2.45) is 0 Å². The highest BCUT2D eigenvalue weighted by molar-refractivity contribution is 6.04. The van der Waals surface area contributed by atoms with E-state index in [1.165, 1.54) is 0 Å². The van der Waals surface area contributed by atoms with Gasteiger partial charge in [0, 0.05) is 11.5 Å². The number of fused-ring (bicyclic) bond motifs is 1. The number of hydrogen-bond acceptors (Lipinski definition) is 3. The molecule has 118 valence electrons. The first-order valence-corrected chi connectivity index (χ1v) is 7.63. The lowest BCUT2D eigenvalue weighted by Crippen LogP contribution is -2.14. The molecule has 0 aliphatic heterocycles. The van der Waals surface area contributed by atoms with Gasteiger partial charge in [-0.15, -0.1) is 0 Å². The molecule has 0 saturated heterocycles. The normalized spacial score (nSPS) is 10.9. The van der Waals surface area contributed by atoms with Crippen LogP contribution in [0.4, 0.5) is 5.82 Å². The van der Waals surface area contributed by atoms with Gasteiger partial charge in [-0.25, -0.2) is 4.68 Å². The predicted molar refractivity (Wildman–Crippen MR) is 92.5 cm³/mol. The fourth-order valence-electron chi connectivity index (χ4n) is 2.63. The maximum Gasteiger partial charge on any atom is 0.292 e. The van der Waals surface area contributed by atoms with Gasteiger partial charge in [0.05, 0.1) is 11.4 Å². The number of hydrogen-bond donors (Lipinski definition) is 1. The van der Waals surface area contributed by atoms with E-state index >= 15 is 0 Å². The number of anilines is 1. The first-order chi connectivity index (χ1) is 11.7. The number of furan rings is 1. The first kappa shape index (κ1) is 14.3. The number of rotatable bonds is 3. The average molecular weight is 317 g/mol. The van der Waals surface area contributed by atoms with Crippen molar-refractivity contribution in [3.63, 3.8) is 0 Å². The SMILES string of the molecule is Cc1cc(NC(=O)c2cc3ccccc3o2)n(-c2ccccc2)n1. The van der Waals surface area contributed by atoms with Crippen LogP contribution in [0.5, 0.6) is 0 Å². The summed E-state index contributed by atoms with van der Waals surface area (Å²) in [7, 11) is 0. The number of carbonyl (C=O) groups is 1. The molecule has 4 rings (SSSR count). The first-order valence-electron chi connectivity index (χ1n) is 7.63. The van der Waals surface area contributed by atoms with Crippen molar-refractivity contribution in [2.45, 2.75) is 6.92 Å².